The van der Waals surface area contributed by atoms with Gasteiger partial charge in [-0.2, -0.15) is 4.68 Å². The Kier molecular flexibility index (Phi) is 5.39. The van der Waals surface area contributed by atoms with E-state index in [1.165, 1.54) is 32.3 Å². The molecule has 2 aromatic carbocycles. The number of nitrogens with zero attached hydrogens (tertiary/aromatic N) is 4. The third-order valence-corrected chi connectivity index (χ3v) is 4.81. The van der Waals surface area contributed by atoms with Crippen LogP contribution >= 0.6 is 0 Å². The maximum absolute atomic E-state index is 12.7. The van der Waals surface area contributed by atoms with E-state index in [1.54, 1.807) is 30.3 Å². The molecular formula is C20H19N5O6. The average Bonchev–Trinajstić information content (AvgIpc) is 3.41. The van der Waals surface area contributed by atoms with Crippen LogP contribution in [0.2, 0.25) is 0 Å². The van der Waals surface area contributed by atoms with Crippen molar-refractivity contribution >= 4 is 17.6 Å². The van der Waals surface area contributed by atoms with Gasteiger partial charge in [-0.25, -0.2) is 4.79 Å². The fourth-order valence-corrected chi connectivity index (χ4v) is 3.42. The smallest absolute Gasteiger partial charge is 0.343 e. The van der Waals surface area contributed by atoms with Crippen molar-refractivity contribution in [3.63, 3.8) is 0 Å². The number of amides is 1. The SMILES string of the molecule is COc1ccc(NC(=O)CC2OC(=O)c3c2ccc(OC)c3OC)cc1-n1cnnn1. The first-order valence-corrected chi connectivity index (χ1v) is 9.22. The lowest BCUT2D eigenvalue weighted by molar-refractivity contribution is -0.118. The van der Waals surface area contributed by atoms with E-state index in [0.717, 1.165) is 0 Å². The largest absolute Gasteiger partial charge is 0.494 e. The van der Waals surface area contributed by atoms with Crippen molar-refractivity contribution < 1.29 is 28.5 Å². The number of methoxy groups -OCH3 is 3. The Balaban J connectivity index is 1.54. The number of carbonyl (C=O) groups excluding carboxylic acids is 2. The molecule has 1 N–H and O–H groups in total. The van der Waals surface area contributed by atoms with E-state index in [2.05, 4.69) is 20.8 Å². The molecule has 11 heteroatoms. The standard InChI is InChI=1S/C20H19N5O6/c1-28-14-6-4-11(8-13(14)25-10-21-23-24-25)22-17(26)9-16-12-5-7-15(29-2)19(30-3)18(12)20(27)31-16/h4-8,10,16H,9H2,1-3H3,(H,22,26). The third kappa shape index (κ3) is 3.72. The van der Waals surface area contributed by atoms with E-state index in [4.69, 9.17) is 18.9 Å². The van der Waals surface area contributed by atoms with Crippen LogP contribution in [0.3, 0.4) is 0 Å². The van der Waals surface area contributed by atoms with Crippen LogP contribution in [0.5, 0.6) is 17.2 Å². The van der Waals surface area contributed by atoms with Crippen molar-refractivity contribution in [3.05, 3.63) is 47.8 Å². The first-order valence-electron chi connectivity index (χ1n) is 9.22. The Morgan fingerprint density at radius 2 is 1.90 bits per heavy atom. The van der Waals surface area contributed by atoms with Gasteiger partial charge in [0.2, 0.25) is 5.91 Å². The van der Waals surface area contributed by atoms with E-state index >= 15 is 0 Å². The van der Waals surface area contributed by atoms with Gasteiger partial charge in [0.05, 0.1) is 27.8 Å². The highest BCUT2D eigenvalue weighted by Gasteiger charge is 2.36. The van der Waals surface area contributed by atoms with Crippen LogP contribution in [-0.4, -0.2) is 53.4 Å². The van der Waals surface area contributed by atoms with Gasteiger partial charge < -0.3 is 24.3 Å². The highest BCUT2D eigenvalue weighted by molar-refractivity contribution is 5.99. The van der Waals surface area contributed by atoms with E-state index < -0.39 is 12.1 Å². The quantitative estimate of drug-likeness (QED) is 0.565. The second-order valence-electron chi connectivity index (χ2n) is 6.55. The van der Waals surface area contributed by atoms with E-state index in [0.29, 0.717) is 28.4 Å². The highest BCUT2D eigenvalue weighted by Crippen LogP contribution is 2.43. The van der Waals surface area contributed by atoms with E-state index in [9.17, 15) is 9.59 Å². The van der Waals surface area contributed by atoms with Gasteiger partial charge in [-0.05, 0) is 34.7 Å². The summed E-state index contributed by atoms with van der Waals surface area (Å²) in [5.41, 5.74) is 1.90. The Bertz CT molecular complexity index is 1130. The number of nitrogens with one attached hydrogen (secondary N) is 1. The summed E-state index contributed by atoms with van der Waals surface area (Å²) in [5.74, 6) is 0.332. The summed E-state index contributed by atoms with van der Waals surface area (Å²) >= 11 is 0. The monoisotopic (exact) mass is 425 g/mol. The lowest BCUT2D eigenvalue weighted by Gasteiger charge is -2.14. The number of fused-ring (bicyclic) bond motifs is 1. The number of aromatic nitrogens is 4. The summed E-state index contributed by atoms with van der Waals surface area (Å²) in [7, 11) is 4.45. The minimum atomic E-state index is -0.737. The summed E-state index contributed by atoms with van der Waals surface area (Å²) in [6.45, 7) is 0. The number of cyclic esters (lactones) is 1. The molecule has 1 aliphatic rings. The number of benzene rings is 2. The van der Waals surface area contributed by atoms with E-state index in [1.807, 2.05) is 0 Å². The molecule has 0 saturated carbocycles. The molecule has 1 aliphatic heterocycles. The number of hydrogen-bond acceptors (Lipinski definition) is 9. The van der Waals surface area contributed by atoms with Gasteiger partial charge in [0.15, 0.2) is 11.5 Å². The Labute approximate surface area is 176 Å². The molecule has 1 aromatic heterocycles. The summed E-state index contributed by atoms with van der Waals surface area (Å²) < 4.78 is 22.7. The number of tetrazole rings is 1. The molecule has 0 spiro atoms. The molecule has 11 nitrogen and oxygen atoms in total. The molecule has 0 aliphatic carbocycles. The molecule has 0 bridgehead atoms. The fraction of sp³-hybridized carbons (Fsp3) is 0.250. The minimum Gasteiger partial charge on any atom is -0.494 e. The molecular weight excluding hydrogens is 406 g/mol. The molecule has 160 valence electrons. The summed E-state index contributed by atoms with van der Waals surface area (Å²) in [4.78, 5) is 25.1. The van der Waals surface area contributed by atoms with Crippen LogP contribution in [-0.2, 0) is 9.53 Å². The van der Waals surface area contributed by atoms with Crippen LogP contribution in [0.15, 0.2) is 36.7 Å². The number of esters is 1. The van der Waals surface area contributed by atoms with Crippen molar-refractivity contribution in [1.82, 2.24) is 20.2 Å². The molecule has 31 heavy (non-hydrogen) atoms. The maximum atomic E-state index is 12.7. The lowest BCUT2D eigenvalue weighted by atomic mass is 10.0. The zero-order valence-corrected chi connectivity index (χ0v) is 17.0. The van der Waals surface area contributed by atoms with Crippen molar-refractivity contribution in [2.75, 3.05) is 26.6 Å². The van der Waals surface area contributed by atoms with Crippen LogP contribution in [0.25, 0.3) is 5.69 Å². The average molecular weight is 425 g/mol. The van der Waals surface area contributed by atoms with Gasteiger partial charge in [0, 0.05) is 11.3 Å². The second kappa shape index (κ2) is 8.30. The number of carbonyl (C=O) groups is 2. The van der Waals surface area contributed by atoms with Crippen LogP contribution < -0.4 is 19.5 Å². The van der Waals surface area contributed by atoms with Crippen molar-refractivity contribution in [2.45, 2.75) is 12.5 Å². The first kappa shape index (κ1) is 20.1. The van der Waals surface area contributed by atoms with Crippen molar-refractivity contribution in [3.8, 4) is 22.9 Å². The fourth-order valence-electron chi connectivity index (χ4n) is 3.42. The molecule has 0 saturated heterocycles. The number of anilines is 1. The zero-order chi connectivity index (χ0) is 22.0. The molecule has 3 aromatic rings. The van der Waals surface area contributed by atoms with Crippen molar-refractivity contribution in [2.24, 2.45) is 0 Å². The van der Waals surface area contributed by atoms with Crippen LogP contribution in [0, 0.1) is 0 Å². The topological polar surface area (TPSA) is 127 Å². The summed E-state index contributed by atoms with van der Waals surface area (Å²) in [6.07, 6.45) is 0.611. The lowest BCUT2D eigenvalue weighted by Crippen LogP contribution is -2.16. The first-order chi connectivity index (χ1) is 15.0. The Hall–Kier alpha value is -4.15. The summed E-state index contributed by atoms with van der Waals surface area (Å²) in [5, 5.41) is 13.9. The highest BCUT2D eigenvalue weighted by atomic mass is 16.6. The number of ether oxygens (including phenoxy) is 4. The molecule has 1 amide bonds. The van der Waals surface area contributed by atoms with Gasteiger partial charge in [0.25, 0.3) is 0 Å². The molecule has 2 heterocycles. The number of rotatable bonds is 7. The maximum Gasteiger partial charge on any atom is 0.343 e. The molecule has 4 rings (SSSR count). The normalized spacial score (nSPS) is 14.5. The van der Waals surface area contributed by atoms with E-state index in [-0.39, 0.29) is 23.6 Å². The predicted octanol–water partition coefficient (Wildman–Crippen LogP) is 1.93. The molecule has 0 radical (unpaired) electrons. The predicted molar refractivity (Wildman–Crippen MR) is 107 cm³/mol. The number of hydrogen-bond donors (Lipinski definition) is 1. The van der Waals surface area contributed by atoms with Crippen molar-refractivity contribution in [1.29, 1.82) is 0 Å². The van der Waals surface area contributed by atoms with Gasteiger partial charge in [-0.1, -0.05) is 6.07 Å². The second-order valence-corrected chi connectivity index (χ2v) is 6.55. The molecule has 1 atom stereocenters. The van der Waals surface area contributed by atoms with Gasteiger partial charge >= 0.3 is 5.97 Å². The van der Waals surface area contributed by atoms with Gasteiger partial charge in [0.1, 0.15) is 29.4 Å². The molecule has 1 unspecified atom stereocenters. The van der Waals surface area contributed by atoms with Crippen LogP contribution in [0.4, 0.5) is 5.69 Å². The Morgan fingerprint density at radius 1 is 1.13 bits per heavy atom. The summed E-state index contributed by atoms with van der Waals surface area (Å²) in [6, 6.07) is 8.42. The third-order valence-electron chi connectivity index (χ3n) is 4.81. The van der Waals surface area contributed by atoms with Crippen LogP contribution in [0.1, 0.15) is 28.4 Å². The van der Waals surface area contributed by atoms with Gasteiger partial charge in [-0.3, -0.25) is 4.79 Å². The minimum absolute atomic E-state index is 0.0690. The zero-order valence-electron chi connectivity index (χ0n) is 17.0. The molecule has 0 fully saturated rings. The van der Waals surface area contributed by atoms with Gasteiger partial charge in [-0.15, -0.1) is 5.10 Å². The Morgan fingerprint density at radius 3 is 2.58 bits per heavy atom.